The van der Waals surface area contributed by atoms with Crippen molar-refractivity contribution in [1.82, 2.24) is 9.97 Å². The molecule has 1 aromatic carbocycles. The van der Waals surface area contributed by atoms with Crippen molar-refractivity contribution in [2.75, 3.05) is 19.5 Å². The fraction of sp³-hybridized carbons (Fsp3) is 0.474. The number of alkyl halides is 2. The number of ether oxygens (including phenoxy) is 3. The molecular weight excluding hydrogens is 436 g/mol. The Morgan fingerprint density at radius 1 is 1.18 bits per heavy atom. The molecule has 0 saturated heterocycles. The van der Waals surface area contributed by atoms with Crippen LogP contribution in [0, 0.1) is 0 Å². The number of halogens is 3. The van der Waals surface area contributed by atoms with Gasteiger partial charge in [0.2, 0.25) is 0 Å². The van der Waals surface area contributed by atoms with Gasteiger partial charge in [0.25, 0.3) is 5.88 Å². The lowest BCUT2D eigenvalue weighted by Crippen LogP contribution is -2.17. The zero-order chi connectivity index (χ0) is 20.7. The van der Waals surface area contributed by atoms with Crippen LogP contribution in [0.4, 0.5) is 14.6 Å². The monoisotopic (exact) mass is 459 g/mol. The van der Waals surface area contributed by atoms with Crippen LogP contribution in [0.2, 0.25) is 0 Å². The molecular formula is C19H24BrF2N3O3. The predicted molar refractivity (Wildman–Crippen MR) is 108 cm³/mol. The van der Waals surface area contributed by atoms with E-state index < -0.39 is 6.61 Å². The SMILES string of the molecule is CCCC(CC)Oc1nc(Br)c(-c2ccc(OC(F)F)cc2OC)nc1NC. The first-order valence-corrected chi connectivity index (χ1v) is 9.77. The van der Waals surface area contributed by atoms with Crippen LogP contribution in [0.15, 0.2) is 22.8 Å². The Balaban J connectivity index is 2.43. The Bertz CT molecular complexity index is 793. The number of rotatable bonds is 10. The Kier molecular flexibility index (Phi) is 8.22. The van der Waals surface area contributed by atoms with Crippen molar-refractivity contribution in [3.05, 3.63) is 22.8 Å². The first-order chi connectivity index (χ1) is 13.4. The van der Waals surface area contributed by atoms with Gasteiger partial charge in [-0.3, -0.25) is 0 Å². The Hall–Kier alpha value is -2.16. The number of nitrogens with one attached hydrogen (secondary N) is 1. The van der Waals surface area contributed by atoms with Crippen LogP contribution in [0.3, 0.4) is 0 Å². The highest BCUT2D eigenvalue weighted by atomic mass is 79.9. The summed E-state index contributed by atoms with van der Waals surface area (Å²) in [5.74, 6) is 1.21. The summed E-state index contributed by atoms with van der Waals surface area (Å²) < 4.78 is 41.1. The maximum atomic E-state index is 12.5. The molecule has 0 fully saturated rings. The van der Waals surface area contributed by atoms with Crippen LogP contribution in [0.5, 0.6) is 17.4 Å². The van der Waals surface area contributed by atoms with Crippen LogP contribution < -0.4 is 19.5 Å². The molecule has 28 heavy (non-hydrogen) atoms. The molecule has 2 rings (SSSR count). The topological polar surface area (TPSA) is 65.5 Å². The lowest BCUT2D eigenvalue weighted by atomic mass is 10.1. The standard InChI is InChI=1S/C19H24BrF2N3O3/c1-5-7-11(6-2)27-18-17(23-3)24-15(16(20)25-18)13-9-8-12(28-19(21)22)10-14(13)26-4/h8-11,19H,5-7H2,1-4H3,(H,23,24). The van der Waals surface area contributed by atoms with E-state index in [4.69, 9.17) is 9.47 Å². The highest BCUT2D eigenvalue weighted by molar-refractivity contribution is 9.10. The van der Waals surface area contributed by atoms with Gasteiger partial charge in [0.1, 0.15) is 27.9 Å². The van der Waals surface area contributed by atoms with Crippen LogP contribution in [0.25, 0.3) is 11.3 Å². The average Bonchev–Trinajstić information content (AvgIpc) is 2.67. The van der Waals surface area contributed by atoms with Crippen LogP contribution in [-0.2, 0) is 0 Å². The predicted octanol–water partition coefficient (Wildman–Crippen LogP) is 5.52. The van der Waals surface area contributed by atoms with E-state index in [1.54, 1.807) is 13.1 Å². The number of anilines is 1. The van der Waals surface area contributed by atoms with E-state index in [0.717, 1.165) is 19.3 Å². The summed E-state index contributed by atoms with van der Waals surface area (Å²) in [5, 5.41) is 3.00. The third-order valence-corrected chi connectivity index (χ3v) is 4.61. The van der Waals surface area contributed by atoms with E-state index in [0.29, 0.717) is 33.3 Å². The molecule has 6 nitrogen and oxygen atoms in total. The van der Waals surface area contributed by atoms with Gasteiger partial charge in [0.05, 0.1) is 7.11 Å². The summed E-state index contributed by atoms with van der Waals surface area (Å²) >= 11 is 3.43. The van der Waals surface area contributed by atoms with Gasteiger partial charge in [-0.1, -0.05) is 20.3 Å². The molecule has 1 unspecified atom stereocenters. The zero-order valence-electron chi connectivity index (χ0n) is 16.3. The third kappa shape index (κ3) is 5.43. The van der Waals surface area contributed by atoms with Crippen molar-refractivity contribution in [3.8, 4) is 28.6 Å². The number of benzene rings is 1. The van der Waals surface area contributed by atoms with Gasteiger partial charge >= 0.3 is 6.61 Å². The molecule has 0 spiro atoms. The fourth-order valence-electron chi connectivity index (χ4n) is 2.69. The van der Waals surface area contributed by atoms with Gasteiger partial charge in [-0.2, -0.15) is 8.78 Å². The van der Waals surface area contributed by atoms with Gasteiger partial charge in [-0.05, 0) is 40.9 Å². The minimum absolute atomic E-state index is 0.00108. The Labute approximate surface area is 171 Å². The molecule has 1 aromatic heterocycles. The molecule has 0 bridgehead atoms. The van der Waals surface area contributed by atoms with Crippen molar-refractivity contribution >= 4 is 21.7 Å². The molecule has 0 aliphatic rings. The van der Waals surface area contributed by atoms with Crippen LogP contribution >= 0.6 is 15.9 Å². The second-order valence-electron chi connectivity index (χ2n) is 5.94. The summed E-state index contributed by atoms with van der Waals surface area (Å²) in [6.45, 7) is 1.25. The van der Waals surface area contributed by atoms with Gasteiger partial charge in [-0.15, -0.1) is 0 Å². The van der Waals surface area contributed by atoms with Crippen LogP contribution in [0.1, 0.15) is 33.1 Å². The molecule has 154 valence electrons. The largest absolute Gasteiger partial charge is 0.496 e. The van der Waals surface area contributed by atoms with Gasteiger partial charge in [0, 0.05) is 18.7 Å². The normalized spacial score (nSPS) is 12.0. The van der Waals surface area contributed by atoms with E-state index in [-0.39, 0.29) is 11.9 Å². The maximum absolute atomic E-state index is 12.5. The van der Waals surface area contributed by atoms with Crippen molar-refractivity contribution in [2.24, 2.45) is 0 Å². The molecule has 2 aromatic rings. The zero-order valence-corrected chi connectivity index (χ0v) is 17.8. The lowest BCUT2D eigenvalue weighted by molar-refractivity contribution is -0.0499. The van der Waals surface area contributed by atoms with E-state index in [9.17, 15) is 8.78 Å². The number of hydrogen-bond donors (Lipinski definition) is 1. The van der Waals surface area contributed by atoms with Crippen molar-refractivity contribution in [2.45, 2.75) is 45.8 Å². The molecule has 0 aliphatic carbocycles. The second kappa shape index (κ2) is 10.4. The molecule has 1 atom stereocenters. The minimum Gasteiger partial charge on any atom is -0.496 e. The number of hydrogen-bond acceptors (Lipinski definition) is 6. The van der Waals surface area contributed by atoms with Gasteiger partial charge < -0.3 is 19.5 Å². The smallest absolute Gasteiger partial charge is 0.387 e. The summed E-state index contributed by atoms with van der Waals surface area (Å²) in [7, 11) is 3.17. The number of aromatic nitrogens is 2. The summed E-state index contributed by atoms with van der Waals surface area (Å²) in [6, 6.07) is 4.40. The number of methoxy groups -OCH3 is 1. The molecule has 1 N–H and O–H groups in total. The first kappa shape index (κ1) is 22.1. The average molecular weight is 460 g/mol. The molecule has 0 aliphatic heterocycles. The summed E-state index contributed by atoms with van der Waals surface area (Å²) in [6.07, 6.45) is 2.83. The highest BCUT2D eigenvalue weighted by Gasteiger charge is 2.20. The Morgan fingerprint density at radius 3 is 2.50 bits per heavy atom. The summed E-state index contributed by atoms with van der Waals surface area (Å²) in [5.41, 5.74) is 1.06. The van der Waals surface area contributed by atoms with Gasteiger partial charge in [-0.25, -0.2) is 9.97 Å². The van der Waals surface area contributed by atoms with E-state index >= 15 is 0 Å². The molecule has 9 heteroatoms. The minimum atomic E-state index is -2.91. The maximum Gasteiger partial charge on any atom is 0.387 e. The lowest BCUT2D eigenvalue weighted by Gasteiger charge is -2.19. The Morgan fingerprint density at radius 2 is 1.93 bits per heavy atom. The second-order valence-corrected chi connectivity index (χ2v) is 6.70. The van der Waals surface area contributed by atoms with Crippen molar-refractivity contribution in [1.29, 1.82) is 0 Å². The fourth-order valence-corrected chi connectivity index (χ4v) is 3.15. The van der Waals surface area contributed by atoms with E-state index in [1.165, 1.54) is 19.2 Å². The first-order valence-electron chi connectivity index (χ1n) is 8.98. The van der Waals surface area contributed by atoms with Crippen molar-refractivity contribution < 1.29 is 23.0 Å². The quantitative estimate of drug-likeness (QED) is 0.504. The third-order valence-electron chi connectivity index (χ3n) is 4.06. The highest BCUT2D eigenvalue weighted by Crippen LogP contribution is 2.38. The molecule has 1 heterocycles. The van der Waals surface area contributed by atoms with Crippen molar-refractivity contribution in [3.63, 3.8) is 0 Å². The summed E-state index contributed by atoms with van der Waals surface area (Å²) in [4.78, 5) is 9.09. The van der Waals surface area contributed by atoms with E-state index in [1.807, 2.05) is 0 Å². The van der Waals surface area contributed by atoms with Gasteiger partial charge in [0.15, 0.2) is 5.82 Å². The molecule has 0 radical (unpaired) electrons. The molecule has 0 amide bonds. The molecule has 0 saturated carbocycles. The number of nitrogens with zero attached hydrogens (tertiary/aromatic N) is 2. The van der Waals surface area contributed by atoms with E-state index in [2.05, 4.69) is 49.8 Å². The van der Waals surface area contributed by atoms with Crippen LogP contribution in [-0.4, -0.2) is 36.8 Å².